The predicted molar refractivity (Wildman–Crippen MR) is 55.2 cm³/mol. The molecule has 0 radical (unpaired) electrons. The van der Waals surface area contributed by atoms with Crippen LogP contribution in [0.2, 0.25) is 0 Å². The zero-order valence-electron chi connectivity index (χ0n) is 8.48. The molecule has 0 spiro atoms. The SMILES string of the molecule is CC(C)Cc1cc(C(F)(F)F)cc(=S)[nH]1. The van der Waals surface area contributed by atoms with Gasteiger partial charge in [-0.2, -0.15) is 13.2 Å². The lowest BCUT2D eigenvalue weighted by Gasteiger charge is -2.10. The van der Waals surface area contributed by atoms with Crippen molar-refractivity contribution in [2.75, 3.05) is 0 Å². The summed E-state index contributed by atoms with van der Waals surface area (Å²) >= 11 is 4.75. The fourth-order valence-corrected chi connectivity index (χ4v) is 1.57. The topological polar surface area (TPSA) is 15.8 Å². The van der Waals surface area contributed by atoms with Crippen LogP contribution in [0.3, 0.4) is 0 Å². The highest BCUT2D eigenvalue weighted by Gasteiger charge is 2.30. The van der Waals surface area contributed by atoms with E-state index in [0.717, 1.165) is 12.1 Å². The van der Waals surface area contributed by atoms with E-state index in [1.165, 1.54) is 0 Å². The molecule has 15 heavy (non-hydrogen) atoms. The molecule has 0 aliphatic heterocycles. The monoisotopic (exact) mass is 235 g/mol. The van der Waals surface area contributed by atoms with Gasteiger partial charge in [0.2, 0.25) is 0 Å². The number of alkyl halides is 3. The third-order valence-corrected chi connectivity index (χ3v) is 2.08. The minimum atomic E-state index is -4.33. The molecule has 0 saturated heterocycles. The Balaban J connectivity index is 3.11. The second kappa shape index (κ2) is 4.35. The molecule has 0 aliphatic carbocycles. The van der Waals surface area contributed by atoms with Gasteiger partial charge in [-0.15, -0.1) is 0 Å². The summed E-state index contributed by atoms with van der Waals surface area (Å²) in [6, 6.07) is 2.06. The minimum Gasteiger partial charge on any atom is -0.350 e. The van der Waals surface area contributed by atoms with Gasteiger partial charge in [-0.3, -0.25) is 0 Å². The number of hydrogen-bond donors (Lipinski definition) is 1. The van der Waals surface area contributed by atoms with Crippen LogP contribution < -0.4 is 0 Å². The number of nitrogens with one attached hydrogen (secondary N) is 1. The van der Waals surface area contributed by atoms with Crippen molar-refractivity contribution in [3.8, 4) is 0 Å². The van der Waals surface area contributed by atoms with Gasteiger partial charge in [0.25, 0.3) is 0 Å². The Morgan fingerprint density at radius 1 is 1.33 bits per heavy atom. The highest BCUT2D eigenvalue weighted by atomic mass is 32.1. The van der Waals surface area contributed by atoms with E-state index in [0.29, 0.717) is 18.0 Å². The van der Waals surface area contributed by atoms with Crippen LogP contribution in [0.5, 0.6) is 0 Å². The number of hydrogen-bond acceptors (Lipinski definition) is 1. The standard InChI is InChI=1S/C10H12F3NS/c1-6(2)3-8-4-7(10(11,12)13)5-9(15)14-8/h4-6H,3H2,1-2H3,(H,14,15). The number of halogens is 3. The molecule has 1 aromatic rings. The maximum Gasteiger partial charge on any atom is 0.416 e. The van der Waals surface area contributed by atoms with Crippen molar-refractivity contribution < 1.29 is 13.2 Å². The lowest BCUT2D eigenvalue weighted by molar-refractivity contribution is -0.137. The first-order valence-electron chi connectivity index (χ1n) is 4.59. The summed E-state index contributed by atoms with van der Waals surface area (Å²) < 4.78 is 37.4. The Hall–Kier alpha value is -0.840. The molecule has 0 aromatic carbocycles. The maximum atomic E-state index is 12.4. The molecule has 1 aromatic heterocycles. The molecule has 0 unspecified atom stereocenters. The molecule has 0 aliphatic rings. The van der Waals surface area contributed by atoms with E-state index in [-0.39, 0.29) is 4.64 Å². The number of aromatic amines is 1. The van der Waals surface area contributed by atoms with Crippen molar-refractivity contribution in [3.05, 3.63) is 28.0 Å². The van der Waals surface area contributed by atoms with Crippen LogP contribution in [0, 0.1) is 10.6 Å². The molecule has 0 bridgehead atoms. The Labute approximate surface area is 91.3 Å². The van der Waals surface area contributed by atoms with E-state index in [9.17, 15) is 13.2 Å². The molecule has 1 rings (SSSR count). The van der Waals surface area contributed by atoms with Gasteiger partial charge in [0, 0.05) is 5.69 Å². The summed E-state index contributed by atoms with van der Waals surface area (Å²) in [4.78, 5) is 2.77. The van der Waals surface area contributed by atoms with Crippen molar-refractivity contribution in [3.63, 3.8) is 0 Å². The summed E-state index contributed by atoms with van der Waals surface area (Å²) in [5, 5.41) is 0. The van der Waals surface area contributed by atoms with E-state index in [1.54, 1.807) is 0 Å². The molecular formula is C10H12F3NS. The summed E-state index contributed by atoms with van der Waals surface area (Å²) in [5.74, 6) is 0.291. The first kappa shape index (κ1) is 12.2. The molecule has 0 amide bonds. The molecule has 0 atom stereocenters. The van der Waals surface area contributed by atoms with E-state index < -0.39 is 11.7 Å². The average molecular weight is 235 g/mol. The van der Waals surface area contributed by atoms with Gasteiger partial charge >= 0.3 is 6.18 Å². The van der Waals surface area contributed by atoms with Crippen LogP contribution in [-0.4, -0.2) is 4.98 Å². The molecule has 1 N–H and O–H groups in total. The van der Waals surface area contributed by atoms with Crippen LogP contribution >= 0.6 is 12.2 Å². The second-order valence-electron chi connectivity index (χ2n) is 3.85. The van der Waals surface area contributed by atoms with Gasteiger partial charge in [-0.1, -0.05) is 26.1 Å². The Morgan fingerprint density at radius 3 is 2.40 bits per heavy atom. The number of aromatic nitrogens is 1. The van der Waals surface area contributed by atoms with E-state index in [2.05, 4.69) is 4.98 Å². The zero-order chi connectivity index (χ0) is 11.6. The van der Waals surface area contributed by atoms with Gasteiger partial charge in [-0.25, -0.2) is 0 Å². The Bertz CT molecular complexity index is 392. The van der Waals surface area contributed by atoms with Crippen LogP contribution in [0.25, 0.3) is 0 Å². The first-order valence-corrected chi connectivity index (χ1v) is 5.00. The third kappa shape index (κ3) is 3.66. The van der Waals surface area contributed by atoms with Crippen molar-refractivity contribution >= 4 is 12.2 Å². The molecule has 1 nitrogen and oxygen atoms in total. The van der Waals surface area contributed by atoms with Crippen LogP contribution in [0.15, 0.2) is 12.1 Å². The molecule has 1 heterocycles. The summed E-state index contributed by atoms with van der Waals surface area (Å²) in [7, 11) is 0. The van der Waals surface area contributed by atoms with Crippen molar-refractivity contribution in [1.29, 1.82) is 0 Å². The molecular weight excluding hydrogens is 223 g/mol. The third-order valence-electron chi connectivity index (χ3n) is 1.86. The maximum absolute atomic E-state index is 12.4. The molecule has 0 fully saturated rings. The van der Waals surface area contributed by atoms with Crippen LogP contribution in [-0.2, 0) is 12.6 Å². The molecule has 5 heteroatoms. The fourth-order valence-electron chi connectivity index (χ4n) is 1.31. The summed E-state index contributed by atoms with van der Waals surface area (Å²) in [6.45, 7) is 3.88. The lowest BCUT2D eigenvalue weighted by Crippen LogP contribution is -2.07. The van der Waals surface area contributed by atoms with Crippen molar-refractivity contribution in [1.82, 2.24) is 4.98 Å². The van der Waals surface area contributed by atoms with Crippen LogP contribution in [0.4, 0.5) is 13.2 Å². The van der Waals surface area contributed by atoms with Gasteiger partial charge in [0.1, 0.15) is 4.64 Å². The number of pyridine rings is 1. The number of rotatable bonds is 2. The van der Waals surface area contributed by atoms with Crippen LogP contribution in [0.1, 0.15) is 25.1 Å². The van der Waals surface area contributed by atoms with Gasteiger partial charge in [0.15, 0.2) is 0 Å². The van der Waals surface area contributed by atoms with Gasteiger partial charge < -0.3 is 4.98 Å². The highest BCUT2D eigenvalue weighted by Crippen LogP contribution is 2.29. The zero-order valence-corrected chi connectivity index (χ0v) is 9.30. The van der Waals surface area contributed by atoms with Gasteiger partial charge in [-0.05, 0) is 24.5 Å². The second-order valence-corrected chi connectivity index (χ2v) is 4.29. The normalized spacial score (nSPS) is 12.1. The van der Waals surface area contributed by atoms with E-state index in [4.69, 9.17) is 12.2 Å². The Morgan fingerprint density at radius 2 is 1.93 bits per heavy atom. The summed E-state index contributed by atoms with van der Waals surface area (Å²) in [6.07, 6.45) is -3.76. The Kier molecular flexibility index (Phi) is 3.54. The van der Waals surface area contributed by atoms with Gasteiger partial charge in [0.05, 0.1) is 5.56 Å². The average Bonchev–Trinajstić information content (AvgIpc) is 1.99. The largest absolute Gasteiger partial charge is 0.416 e. The predicted octanol–water partition coefficient (Wildman–Crippen LogP) is 3.96. The number of H-pyrrole nitrogens is 1. The van der Waals surface area contributed by atoms with Crippen molar-refractivity contribution in [2.24, 2.45) is 5.92 Å². The summed E-state index contributed by atoms with van der Waals surface area (Å²) in [5.41, 5.74) is -0.147. The van der Waals surface area contributed by atoms with E-state index >= 15 is 0 Å². The van der Waals surface area contributed by atoms with Crippen molar-refractivity contribution in [2.45, 2.75) is 26.4 Å². The lowest BCUT2D eigenvalue weighted by atomic mass is 10.1. The van der Waals surface area contributed by atoms with E-state index in [1.807, 2.05) is 13.8 Å². The molecule has 84 valence electrons. The highest BCUT2D eigenvalue weighted by molar-refractivity contribution is 7.71. The first-order chi connectivity index (χ1) is 6.79. The smallest absolute Gasteiger partial charge is 0.350 e. The fraction of sp³-hybridized carbons (Fsp3) is 0.500. The quantitative estimate of drug-likeness (QED) is 0.767. The minimum absolute atomic E-state index is 0.125. The molecule has 0 saturated carbocycles.